The fourth-order valence-corrected chi connectivity index (χ4v) is 2.71. The molecular weight excluding hydrogens is 342 g/mol. The minimum Gasteiger partial charge on any atom is -0.394 e. The van der Waals surface area contributed by atoms with Crippen molar-refractivity contribution in [3.8, 4) is 0 Å². The lowest BCUT2D eigenvalue weighted by atomic mass is 9.99. The number of amides is 2. The van der Waals surface area contributed by atoms with Gasteiger partial charge in [-0.25, -0.2) is 0 Å². The molecule has 2 amide bonds. The molecule has 0 saturated heterocycles. The van der Waals surface area contributed by atoms with E-state index < -0.39 is 12.1 Å². The van der Waals surface area contributed by atoms with Crippen LogP contribution in [0.4, 0.5) is 5.69 Å². The summed E-state index contributed by atoms with van der Waals surface area (Å²) in [5.41, 5.74) is 0.691. The number of carbonyl (C=O) groups excluding carboxylic acids is 2. The van der Waals surface area contributed by atoms with Gasteiger partial charge < -0.3 is 15.7 Å². The van der Waals surface area contributed by atoms with Crippen LogP contribution in [0.25, 0.3) is 0 Å². The third kappa shape index (κ3) is 7.93. The summed E-state index contributed by atoms with van der Waals surface area (Å²) in [6, 6.07) is 7.60. The number of carbonyl (C=O) groups is 2. The highest BCUT2D eigenvalue weighted by Crippen LogP contribution is 2.12. The van der Waals surface area contributed by atoms with E-state index in [4.69, 9.17) is 0 Å². The van der Waals surface area contributed by atoms with Gasteiger partial charge in [-0.15, -0.1) is 6.58 Å². The molecule has 0 saturated carbocycles. The Morgan fingerprint density at radius 2 is 1.74 bits per heavy atom. The van der Waals surface area contributed by atoms with Crippen molar-refractivity contribution >= 4 is 17.5 Å². The number of benzene rings is 1. The Hall–Kier alpha value is -2.18. The molecule has 4 N–H and O–H groups in total. The van der Waals surface area contributed by atoms with Gasteiger partial charge >= 0.3 is 0 Å². The van der Waals surface area contributed by atoms with Crippen LogP contribution in [-0.4, -0.2) is 41.7 Å². The standard InChI is InChI=1S/C21H33N3O3/c1-6-16(13-25)22-19(15(4)5)21(27)24-18(12-14(2)3)20(26)23-17-10-8-7-9-11-17/h6-11,14-16,18-19,22,25H,1,12-13H2,2-5H3,(H,23,26)(H,24,27)/t16-,18+,19+/m1/s1. The molecule has 0 spiro atoms. The van der Waals surface area contributed by atoms with E-state index in [0.29, 0.717) is 12.1 Å². The number of hydrogen-bond acceptors (Lipinski definition) is 4. The molecule has 1 rings (SSSR count). The number of rotatable bonds is 11. The normalized spacial score (nSPS) is 14.5. The monoisotopic (exact) mass is 375 g/mol. The summed E-state index contributed by atoms with van der Waals surface area (Å²) in [6.07, 6.45) is 2.09. The molecule has 0 aliphatic heterocycles. The van der Waals surface area contributed by atoms with E-state index in [1.54, 1.807) is 18.2 Å². The minimum atomic E-state index is -0.642. The minimum absolute atomic E-state index is 0.0177. The van der Waals surface area contributed by atoms with Crippen molar-refractivity contribution in [2.24, 2.45) is 11.8 Å². The van der Waals surface area contributed by atoms with Crippen molar-refractivity contribution in [3.05, 3.63) is 43.0 Å². The molecule has 6 nitrogen and oxygen atoms in total. The molecule has 0 radical (unpaired) electrons. The number of para-hydroxylation sites is 1. The van der Waals surface area contributed by atoms with Crippen molar-refractivity contribution in [2.75, 3.05) is 11.9 Å². The van der Waals surface area contributed by atoms with Gasteiger partial charge in [0.2, 0.25) is 11.8 Å². The zero-order valence-electron chi connectivity index (χ0n) is 16.7. The van der Waals surface area contributed by atoms with Gasteiger partial charge in [-0.05, 0) is 30.4 Å². The molecule has 0 unspecified atom stereocenters. The Bertz CT molecular complexity index is 602. The van der Waals surface area contributed by atoms with Crippen molar-refractivity contribution in [1.29, 1.82) is 0 Å². The topological polar surface area (TPSA) is 90.5 Å². The summed E-state index contributed by atoms with van der Waals surface area (Å²) in [5, 5.41) is 18.2. The van der Waals surface area contributed by atoms with Gasteiger partial charge in [0.05, 0.1) is 12.6 Å². The number of aliphatic hydroxyl groups excluding tert-OH is 1. The first-order valence-electron chi connectivity index (χ1n) is 9.44. The fourth-order valence-electron chi connectivity index (χ4n) is 2.71. The smallest absolute Gasteiger partial charge is 0.246 e. The largest absolute Gasteiger partial charge is 0.394 e. The van der Waals surface area contributed by atoms with Crippen LogP contribution in [0.15, 0.2) is 43.0 Å². The van der Waals surface area contributed by atoms with Crippen LogP contribution in [0.5, 0.6) is 0 Å². The highest BCUT2D eigenvalue weighted by molar-refractivity contribution is 5.97. The van der Waals surface area contributed by atoms with Gasteiger partial charge in [-0.1, -0.05) is 52.0 Å². The molecule has 150 valence electrons. The molecule has 0 fully saturated rings. The van der Waals surface area contributed by atoms with Crippen molar-refractivity contribution in [2.45, 2.75) is 52.2 Å². The summed E-state index contributed by atoms with van der Waals surface area (Å²) < 4.78 is 0. The van der Waals surface area contributed by atoms with Gasteiger partial charge in [0.25, 0.3) is 0 Å². The molecule has 27 heavy (non-hydrogen) atoms. The number of hydrogen-bond donors (Lipinski definition) is 4. The Kier molecular flexibility index (Phi) is 9.75. The molecule has 1 aromatic carbocycles. The molecule has 0 aliphatic rings. The van der Waals surface area contributed by atoms with Crippen LogP contribution in [0.2, 0.25) is 0 Å². The first-order valence-corrected chi connectivity index (χ1v) is 9.44. The second kappa shape index (κ2) is 11.5. The molecule has 0 aromatic heterocycles. The Morgan fingerprint density at radius 1 is 1.11 bits per heavy atom. The Balaban J connectivity index is 2.87. The number of anilines is 1. The lowest BCUT2D eigenvalue weighted by Crippen LogP contribution is -2.55. The molecule has 6 heteroatoms. The lowest BCUT2D eigenvalue weighted by molar-refractivity contribution is -0.129. The third-order valence-corrected chi connectivity index (χ3v) is 4.21. The Labute approximate surface area is 162 Å². The molecule has 0 aliphatic carbocycles. The van der Waals surface area contributed by atoms with E-state index in [2.05, 4.69) is 22.5 Å². The van der Waals surface area contributed by atoms with E-state index in [-0.39, 0.29) is 36.3 Å². The zero-order valence-corrected chi connectivity index (χ0v) is 16.7. The quantitative estimate of drug-likeness (QED) is 0.447. The molecule has 3 atom stereocenters. The van der Waals surface area contributed by atoms with Crippen LogP contribution in [0, 0.1) is 11.8 Å². The number of aliphatic hydroxyl groups is 1. The zero-order chi connectivity index (χ0) is 20.4. The average molecular weight is 376 g/mol. The SMILES string of the molecule is C=C[C@H](CO)N[C@H](C(=O)N[C@@H](CC(C)C)C(=O)Nc1ccccc1)C(C)C. The van der Waals surface area contributed by atoms with Crippen molar-refractivity contribution < 1.29 is 14.7 Å². The van der Waals surface area contributed by atoms with E-state index in [1.165, 1.54) is 0 Å². The van der Waals surface area contributed by atoms with Crippen molar-refractivity contribution in [3.63, 3.8) is 0 Å². The summed E-state index contributed by atoms with van der Waals surface area (Å²) in [5.74, 6) is -0.288. The lowest BCUT2D eigenvalue weighted by Gasteiger charge is -2.28. The molecule has 0 heterocycles. The molecule has 0 bridgehead atoms. The van der Waals surface area contributed by atoms with Gasteiger partial charge in [0.1, 0.15) is 6.04 Å². The van der Waals surface area contributed by atoms with Crippen LogP contribution in [-0.2, 0) is 9.59 Å². The van der Waals surface area contributed by atoms with Gasteiger partial charge in [0, 0.05) is 11.7 Å². The van der Waals surface area contributed by atoms with E-state index >= 15 is 0 Å². The summed E-state index contributed by atoms with van der Waals surface area (Å²) in [4.78, 5) is 25.5. The second-order valence-electron chi connectivity index (χ2n) is 7.46. The summed E-state index contributed by atoms with van der Waals surface area (Å²) in [6.45, 7) is 11.4. The molecule has 1 aromatic rings. The fraction of sp³-hybridized carbons (Fsp3) is 0.524. The predicted octanol–water partition coefficient (Wildman–Crippen LogP) is 2.32. The van der Waals surface area contributed by atoms with Gasteiger partial charge in [0.15, 0.2) is 0 Å². The van der Waals surface area contributed by atoms with E-state index in [1.807, 2.05) is 45.9 Å². The van der Waals surface area contributed by atoms with Crippen LogP contribution < -0.4 is 16.0 Å². The first-order chi connectivity index (χ1) is 12.8. The first kappa shape index (κ1) is 22.9. The highest BCUT2D eigenvalue weighted by Gasteiger charge is 2.29. The number of nitrogens with one attached hydrogen (secondary N) is 3. The predicted molar refractivity (Wildman–Crippen MR) is 109 cm³/mol. The Morgan fingerprint density at radius 3 is 2.22 bits per heavy atom. The third-order valence-electron chi connectivity index (χ3n) is 4.21. The van der Waals surface area contributed by atoms with Crippen molar-refractivity contribution in [1.82, 2.24) is 10.6 Å². The summed E-state index contributed by atoms with van der Waals surface area (Å²) in [7, 11) is 0. The van der Waals surface area contributed by atoms with Gasteiger partial charge in [-0.3, -0.25) is 14.9 Å². The maximum absolute atomic E-state index is 12.8. The van der Waals surface area contributed by atoms with E-state index in [0.717, 1.165) is 0 Å². The second-order valence-corrected chi connectivity index (χ2v) is 7.46. The highest BCUT2D eigenvalue weighted by atomic mass is 16.3. The van der Waals surface area contributed by atoms with E-state index in [9.17, 15) is 14.7 Å². The maximum atomic E-state index is 12.8. The average Bonchev–Trinajstić information content (AvgIpc) is 2.62. The summed E-state index contributed by atoms with van der Waals surface area (Å²) >= 11 is 0. The van der Waals surface area contributed by atoms with Crippen LogP contribution >= 0.6 is 0 Å². The van der Waals surface area contributed by atoms with Crippen LogP contribution in [0.3, 0.4) is 0 Å². The van der Waals surface area contributed by atoms with Gasteiger partial charge in [-0.2, -0.15) is 0 Å². The van der Waals surface area contributed by atoms with Crippen LogP contribution in [0.1, 0.15) is 34.1 Å². The molecular formula is C21H33N3O3. The maximum Gasteiger partial charge on any atom is 0.246 e.